The van der Waals surface area contributed by atoms with Crippen LogP contribution < -0.4 is 5.73 Å². The molecule has 0 saturated heterocycles. The molecule has 0 aliphatic heterocycles. The van der Waals surface area contributed by atoms with Crippen molar-refractivity contribution >= 4 is 35.3 Å². The highest BCUT2D eigenvalue weighted by molar-refractivity contribution is 7.10. The van der Waals surface area contributed by atoms with E-state index in [4.69, 9.17) is 17.3 Å². The van der Waals surface area contributed by atoms with Crippen LogP contribution in [0.4, 0.5) is 0 Å². The van der Waals surface area contributed by atoms with Crippen molar-refractivity contribution in [2.75, 3.05) is 0 Å². The minimum atomic E-state index is 0. The number of aryl methyl sites for hydroxylation is 1. The van der Waals surface area contributed by atoms with Gasteiger partial charge in [0, 0.05) is 21.9 Å². The van der Waals surface area contributed by atoms with Gasteiger partial charge in [-0.2, -0.15) is 0 Å². The molecule has 0 aliphatic rings. The molecule has 0 aliphatic carbocycles. The first-order valence-electron chi connectivity index (χ1n) is 6.12. The zero-order valence-corrected chi connectivity index (χ0v) is 13.5. The zero-order chi connectivity index (χ0) is 13.1. The molecular formula is C15H19Cl2NS. The Kier molecular flexibility index (Phi) is 6.34. The van der Waals surface area contributed by atoms with Gasteiger partial charge < -0.3 is 5.73 Å². The van der Waals surface area contributed by atoms with E-state index in [2.05, 4.69) is 37.4 Å². The topological polar surface area (TPSA) is 26.0 Å². The number of hydrogen-bond donors (Lipinski definition) is 1. The maximum atomic E-state index is 6.16. The molecule has 0 fully saturated rings. The molecule has 0 amide bonds. The van der Waals surface area contributed by atoms with E-state index >= 15 is 0 Å². The quantitative estimate of drug-likeness (QED) is 0.861. The molecule has 19 heavy (non-hydrogen) atoms. The summed E-state index contributed by atoms with van der Waals surface area (Å²) < 4.78 is 0. The zero-order valence-electron chi connectivity index (χ0n) is 11.1. The van der Waals surface area contributed by atoms with Gasteiger partial charge in [0.15, 0.2) is 0 Å². The van der Waals surface area contributed by atoms with Gasteiger partial charge in [-0.05, 0) is 55.0 Å². The smallest absolute Gasteiger partial charge is 0.0406 e. The van der Waals surface area contributed by atoms with Crippen LogP contribution in [0.5, 0.6) is 0 Å². The Balaban J connectivity index is 0.00000180. The number of thiophene rings is 1. The Bertz CT molecular complexity index is 505. The van der Waals surface area contributed by atoms with Gasteiger partial charge in [0.25, 0.3) is 0 Å². The molecule has 2 rings (SSSR count). The number of nitrogens with two attached hydrogens (primary N) is 1. The molecule has 0 radical (unpaired) electrons. The number of rotatable bonds is 4. The number of hydrogen-bond acceptors (Lipinski definition) is 2. The van der Waals surface area contributed by atoms with Crippen molar-refractivity contribution in [3.63, 3.8) is 0 Å². The van der Waals surface area contributed by atoms with Crippen molar-refractivity contribution < 1.29 is 0 Å². The summed E-state index contributed by atoms with van der Waals surface area (Å²) in [6.07, 6.45) is 0.968. The summed E-state index contributed by atoms with van der Waals surface area (Å²) in [6, 6.07) is 10.4. The van der Waals surface area contributed by atoms with Crippen LogP contribution in [-0.2, 0) is 6.42 Å². The fraction of sp³-hybridized carbons (Fsp3) is 0.333. The SMILES string of the molecule is Cc1ccsc1C(Cc1ccc(Cl)cc1)C(C)N.Cl. The monoisotopic (exact) mass is 315 g/mol. The summed E-state index contributed by atoms with van der Waals surface area (Å²) in [7, 11) is 0. The molecule has 2 N–H and O–H groups in total. The molecule has 2 aromatic rings. The molecule has 0 spiro atoms. The van der Waals surface area contributed by atoms with E-state index in [1.165, 1.54) is 16.0 Å². The maximum Gasteiger partial charge on any atom is 0.0406 e. The minimum absolute atomic E-state index is 0. The summed E-state index contributed by atoms with van der Waals surface area (Å²) in [5.41, 5.74) is 8.79. The van der Waals surface area contributed by atoms with E-state index in [-0.39, 0.29) is 18.4 Å². The van der Waals surface area contributed by atoms with Crippen LogP contribution >= 0.6 is 35.3 Å². The summed E-state index contributed by atoms with van der Waals surface area (Å²) in [4.78, 5) is 1.40. The third-order valence-corrected chi connectivity index (χ3v) is 4.64. The van der Waals surface area contributed by atoms with E-state index in [1.54, 1.807) is 11.3 Å². The van der Waals surface area contributed by atoms with Crippen molar-refractivity contribution in [2.24, 2.45) is 5.73 Å². The molecule has 1 aromatic carbocycles. The Morgan fingerprint density at radius 1 is 1.21 bits per heavy atom. The molecule has 0 bridgehead atoms. The minimum Gasteiger partial charge on any atom is -0.327 e. The van der Waals surface area contributed by atoms with Crippen molar-refractivity contribution in [1.29, 1.82) is 0 Å². The third-order valence-electron chi connectivity index (χ3n) is 3.24. The van der Waals surface area contributed by atoms with Crippen molar-refractivity contribution in [1.82, 2.24) is 0 Å². The Labute approximate surface area is 130 Å². The van der Waals surface area contributed by atoms with E-state index < -0.39 is 0 Å². The molecule has 0 saturated carbocycles. The van der Waals surface area contributed by atoms with Gasteiger partial charge >= 0.3 is 0 Å². The molecule has 104 valence electrons. The van der Waals surface area contributed by atoms with Gasteiger partial charge in [0.1, 0.15) is 0 Å². The van der Waals surface area contributed by atoms with Crippen LogP contribution in [0.25, 0.3) is 0 Å². The summed E-state index contributed by atoms with van der Waals surface area (Å²) in [5, 5.41) is 2.92. The second-order valence-electron chi connectivity index (χ2n) is 4.76. The van der Waals surface area contributed by atoms with Gasteiger partial charge in [-0.15, -0.1) is 23.7 Å². The van der Waals surface area contributed by atoms with Crippen LogP contribution in [0.2, 0.25) is 5.02 Å². The first-order valence-corrected chi connectivity index (χ1v) is 7.37. The highest BCUT2D eigenvalue weighted by atomic mass is 35.5. The average Bonchev–Trinajstić information content (AvgIpc) is 2.74. The van der Waals surface area contributed by atoms with E-state index in [0.29, 0.717) is 5.92 Å². The fourth-order valence-electron chi connectivity index (χ4n) is 2.16. The molecule has 1 nitrogen and oxygen atoms in total. The van der Waals surface area contributed by atoms with Crippen molar-refractivity contribution in [3.8, 4) is 0 Å². The lowest BCUT2D eigenvalue weighted by Crippen LogP contribution is -2.26. The lowest BCUT2D eigenvalue weighted by atomic mass is 9.90. The molecule has 1 aromatic heterocycles. The van der Waals surface area contributed by atoms with Gasteiger partial charge in [0.2, 0.25) is 0 Å². The highest BCUT2D eigenvalue weighted by Gasteiger charge is 2.19. The first-order chi connectivity index (χ1) is 8.58. The largest absolute Gasteiger partial charge is 0.327 e. The van der Waals surface area contributed by atoms with E-state index in [0.717, 1.165) is 11.4 Å². The first kappa shape index (κ1) is 16.5. The van der Waals surface area contributed by atoms with Crippen LogP contribution in [0.1, 0.15) is 28.8 Å². The Morgan fingerprint density at radius 2 is 1.84 bits per heavy atom. The third kappa shape index (κ3) is 4.22. The normalized spacial score (nSPS) is 13.7. The molecular weight excluding hydrogens is 297 g/mol. The fourth-order valence-corrected chi connectivity index (χ4v) is 3.43. The predicted octanol–water partition coefficient (Wildman–Crippen LogP) is 4.81. The summed E-state index contributed by atoms with van der Waals surface area (Å²) >= 11 is 7.72. The van der Waals surface area contributed by atoms with Crippen LogP contribution in [0.15, 0.2) is 35.7 Å². The average molecular weight is 316 g/mol. The molecule has 1 heterocycles. The van der Waals surface area contributed by atoms with Gasteiger partial charge in [-0.25, -0.2) is 0 Å². The van der Waals surface area contributed by atoms with Gasteiger partial charge in [-0.3, -0.25) is 0 Å². The number of benzene rings is 1. The molecule has 4 heteroatoms. The van der Waals surface area contributed by atoms with Crippen LogP contribution in [0.3, 0.4) is 0 Å². The van der Waals surface area contributed by atoms with E-state index in [9.17, 15) is 0 Å². The Hall–Kier alpha value is -0.540. The predicted molar refractivity (Wildman–Crippen MR) is 87.9 cm³/mol. The Morgan fingerprint density at radius 3 is 2.32 bits per heavy atom. The van der Waals surface area contributed by atoms with Gasteiger partial charge in [-0.1, -0.05) is 23.7 Å². The van der Waals surface area contributed by atoms with E-state index in [1.807, 2.05) is 12.1 Å². The summed E-state index contributed by atoms with van der Waals surface area (Å²) in [5.74, 6) is 0.381. The van der Waals surface area contributed by atoms with Crippen molar-refractivity contribution in [3.05, 3.63) is 56.7 Å². The highest BCUT2D eigenvalue weighted by Crippen LogP contribution is 2.30. The van der Waals surface area contributed by atoms with Gasteiger partial charge in [0.05, 0.1) is 0 Å². The van der Waals surface area contributed by atoms with Crippen LogP contribution in [0, 0.1) is 6.92 Å². The van der Waals surface area contributed by atoms with Crippen molar-refractivity contribution in [2.45, 2.75) is 32.2 Å². The molecule has 2 unspecified atom stereocenters. The summed E-state index contributed by atoms with van der Waals surface area (Å²) in [6.45, 7) is 4.24. The molecule has 2 atom stereocenters. The maximum absolute atomic E-state index is 6.16. The van der Waals surface area contributed by atoms with Crippen LogP contribution in [-0.4, -0.2) is 6.04 Å². The standard InChI is InChI=1S/C15H18ClNS.ClH/c1-10-7-8-18-15(10)14(11(2)17)9-12-3-5-13(16)6-4-12;/h3-8,11,14H,9,17H2,1-2H3;1H. The second-order valence-corrected chi connectivity index (χ2v) is 6.15. The number of halogens is 2. The lowest BCUT2D eigenvalue weighted by molar-refractivity contribution is 0.571. The lowest BCUT2D eigenvalue weighted by Gasteiger charge is -2.21. The second kappa shape index (κ2) is 7.30.